The number of amides is 1. The molecule has 0 aliphatic heterocycles. The van der Waals surface area contributed by atoms with Crippen molar-refractivity contribution in [1.82, 2.24) is 5.32 Å². The molecule has 0 saturated carbocycles. The second-order valence-electron chi connectivity index (χ2n) is 6.06. The van der Waals surface area contributed by atoms with Crippen LogP contribution in [0.2, 0.25) is 0 Å². The Hall–Kier alpha value is -3.48. The number of carbonyl (C=O) groups excluding carboxylic acids is 1. The van der Waals surface area contributed by atoms with E-state index in [4.69, 9.17) is 4.74 Å². The molecule has 1 atom stereocenters. The second-order valence-corrected chi connectivity index (χ2v) is 6.06. The lowest BCUT2D eigenvalue weighted by Crippen LogP contribution is -2.31. The van der Waals surface area contributed by atoms with Crippen LogP contribution in [-0.2, 0) is 4.79 Å². The molecule has 1 N–H and O–H groups in total. The van der Waals surface area contributed by atoms with Crippen molar-refractivity contribution in [2.45, 2.75) is 13.0 Å². The van der Waals surface area contributed by atoms with Gasteiger partial charge in [0.15, 0.2) is 18.2 Å². The number of halogens is 1. The second kappa shape index (κ2) is 7.82. The van der Waals surface area contributed by atoms with E-state index in [2.05, 4.69) is 5.32 Å². The topological polar surface area (TPSA) is 81.5 Å². The number of nitrogens with zero attached hydrogens (tertiary/aromatic N) is 1. The van der Waals surface area contributed by atoms with Gasteiger partial charge in [0.2, 0.25) is 0 Å². The lowest BCUT2D eigenvalue weighted by molar-refractivity contribution is -0.385. The minimum atomic E-state index is -0.889. The molecular formula is C20H17FN2O4. The molecule has 7 heteroatoms. The maximum absolute atomic E-state index is 13.8. The highest BCUT2D eigenvalue weighted by Crippen LogP contribution is 2.23. The van der Waals surface area contributed by atoms with E-state index in [0.29, 0.717) is 0 Å². The number of hydrogen-bond donors (Lipinski definition) is 1. The van der Waals surface area contributed by atoms with Crippen molar-refractivity contribution in [3.05, 3.63) is 82.2 Å². The highest BCUT2D eigenvalue weighted by atomic mass is 19.1. The molecular weight excluding hydrogens is 351 g/mol. The van der Waals surface area contributed by atoms with Crippen molar-refractivity contribution in [3.63, 3.8) is 0 Å². The fraction of sp³-hybridized carbons (Fsp3) is 0.150. The Balaban J connectivity index is 1.60. The third-order valence-electron chi connectivity index (χ3n) is 4.14. The van der Waals surface area contributed by atoms with E-state index >= 15 is 0 Å². The smallest absolute Gasteiger partial charge is 0.272 e. The summed E-state index contributed by atoms with van der Waals surface area (Å²) in [7, 11) is 0. The van der Waals surface area contributed by atoms with Crippen molar-refractivity contribution in [2.75, 3.05) is 6.61 Å². The summed E-state index contributed by atoms with van der Waals surface area (Å²) in [6, 6.07) is 16.6. The lowest BCUT2D eigenvalue weighted by atomic mass is 10.0. The summed E-state index contributed by atoms with van der Waals surface area (Å²) in [5.74, 6) is -1.53. The normalized spacial score (nSPS) is 11.8. The van der Waals surface area contributed by atoms with Crippen LogP contribution in [0, 0.1) is 15.9 Å². The molecule has 0 aliphatic rings. The SMILES string of the molecule is CC(NC(=O)COc1ccc([N+](=O)[O-])cc1F)c1ccc2ccccc2c1. The van der Waals surface area contributed by atoms with Gasteiger partial charge in [-0.3, -0.25) is 14.9 Å². The Bertz CT molecular complexity index is 1010. The van der Waals surface area contributed by atoms with E-state index in [9.17, 15) is 19.3 Å². The van der Waals surface area contributed by atoms with Crippen molar-refractivity contribution < 1.29 is 18.8 Å². The van der Waals surface area contributed by atoms with Crippen molar-refractivity contribution in [3.8, 4) is 5.75 Å². The third kappa shape index (κ3) is 4.38. The molecule has 0 spiro atoms. The fourth-order valence-electron chi connectivity index (χ4n) is 2.71. The Morgan fingerprint density at radius 2 is 1.89 bits per heavy atom. The number of carbonyl (C=O) groups is 1. The lowest BCUT2D eigenvalue weighted by Gasteiger charge is -2.15. The van der Waals surface area contributed by atoms with Crippen molar-refractivity contribution >= 4 is 22.4 Å². The quantitative estimate of drug-likeness (QED) is 0.524. The Kier molecular flexibility index (Phi) is 5.30. The number of rotatable bonds is 6. The summed E-state index contributed by atoms with van der Waals surface area (Å²) in [4.78, 5) is 22.0. The molecule has 3 rings (SSSR count). The van der Waals surface area contributed by atoms with Gasteiger partial charge in [-0.2, -0.15) is 0 Å². The van der Waals surface area contributed by atoms with Gasteiger partial charge < -0.3 is 10.1 Å². The van der Waals surface area contributed by atoms with E-state index < -0.39 is 23.3 Å². The van der Waals surface area contributed by atoms with Crippen LogP contribution in [0.15, 0.2) is 60.7 Å². The summed E-state index contributed by atoms with van der Waals surface area (Å²) < 4.78 is 18.9. The molecule has 0 radical (unpaired) electrons. The molecule has 6 nitrogen and oxygen atoms in total. The van der Waals surface area contributed by atoms with E-state index in [0.717, 1.165) is 34.5 Å². The Morgan fingerprint density at radius 1 is 1.15 bits per heavy atom. The van der Waals surface area contributed by atoms with Crippen LogP contribution in [-0.4, -0.2) is 17.4 Å². The van der Waals surface area contributed by atoms with Gasteiger partial charge in [-0.05, 0) is 35.4 Å². The van der Waals surface area contributed by atoms with Gasteiger partial charge in [-0.15, -0.1) is 0 Å². The maximum atomic E-state index is 13.8. The first-order chi connectivity index (χ1) is 12.9. The Labute approximate surface area is 154 Å². The van der Waals surface area contributed by atoms with E-state index in [1.807, 2.05) is 49.4 Å². The van der Waals surface area contributed by atoms with Crippen LogP contribution in [0.5, 0.6) is 5.75 Å². The Morgan fingerprint density at radius 3 is 2.59 bits per heavy atom. The molecule has 0 fully saturated rings. The van der Waals surface area contributed by atoms with Crippen LogP contribution in [0.3, 0.4) is 0 Å². The molecule has 0 aliphatic carbocycles. The zero-order chi connectivity index (χ0) is 19.4. The fourth-order valence-corrected chi connectivity index (χ4v) is 2.71. The minimum Gasteiger partial charge on any atom is -0.481 e. The number of nitro groups is 1. The largest absolute Gasteiger partial charge is 0.481 e. The highest BCUT2D eigenvalue weighted by molar-refractivity contribution is 5.83. The van der Waals surface area contributed by atoms with Crippen molar-refractivity contribution in [1.29, 1.82) is 0 Å². The summed E-state index contributed by atoms with van der Waals surface area (Å²) in [6.07, 6.45) is 0. The van der Waals surface area contributed by atoms with Gasteiger partial charge >= 0.3 is 0 Å². The highest BCUT2D eigenvalue weighted by Gasteiger charge is 2.14. The molecule has 3 aromatic carbocycles. The molecule has 0 bridgehead atoms. The number of ether oxygens (including phenoxy) is 1. The number of benzene rings is 3. The molecule has 1 unspecified atom stereocenters. The summed E-state index contributed by atoms with van der Waals surface area (Å²) >= 11 is 0. The molecule has 0 saturated heterocycles. The molecule has 1 amide bonds. The first-order valence-corrected chi connectivity index (χ1v) is 8.29. The minimum absolute atomic E-state index is 0.214. The summed E-state index contributed by atoms with van der Waals surface area (Å²) in [5, 5.41) is 15.6. The maximum Gasteiger partial charge on any atom is 0.272 e. The first-order valence-electron chi connectivity index (χ1n) is 8.29. The zero-order valence-electron chi connectivity index (χ0n) is 14.5. The number of nitrogens with one attached hydrogen (secondary N) is 1. The number of nitro benzene ring substituents is 1. The van der Waals surface area contributed by atoms with Crippen LogP contribution < -0.4 is 10.1 Å². The van der Waals surface area contributed by atoms with Gasteiger partial charge in [0.1, 0.15) is 0 Å². The van der Waals surface area contributed by atoms with Gasteiger partial charge in [0.25, 0.3) is 11.6 Å². The van der Waals surface area contributed by atoms with Crippen LogP contribution in [0.4, 0.5) is 10.1 Å². The predicted octanol–water partition coefficient (Wildman–Crippen LogP) is 4.14. The van der Waals surface area contributed by atoms with Gasteiger partial charge in [-0.1, -0.05) is 36.4 Å². The molecule has 0 heterocycles. The van der Waals surface area contributed by atoms with Crippen molar-refractivity contribution in [2.24, 2.45) is 0 Å². The molecule has 138 valence electrons. The number of hydrogen-bond acceptors (Lipinski definition) is 4. The first kappa shape index (κ1) is 18.3. The van der Waals surface area contributed by atoms with Crippen LogP contribution in [0.1, 0.15) is 18.5 Å². The summed E-state index contributed by atoms with van der Waals surface area (Å²) in [6.45, 7) is 1.45. The number of non-ortho nitro benzene ring substituents is 1. The number of fused-ring (bicyclic) bond motifs is 1. The third-order valence-corrected chi connectivity index (χ3v) is 4.14. The summed E-state index contributed by atoms with van der Waals surface area (Å²) in [5.41, 5.74) is 0.554. The van der Waals surface area contributed by atoms with Crippen LogP contribution >= 0.6 is 0 Å². The van der Waals surface area contributed by atoms with Gasteiger partial charge in [-0.25, -0.2) is 4.39 Å². The average molecular weight is 368 g/mol. The zero-order valence-corrected chi connectivity index (χ0v) is 14.5. The van der Waals surface area contributed by atoms with E-state index in [-0.39, 0.29) is 17.5 Å². The average Bonchev–Trinajstić information content (AvgIpc) is 2.66. The molecule has 3 aromatic rings. The van der Waals surface area contributed by atoms with E-state index in [1.165, 1.54) is 0 Å². The standard InChI is InChI=1S/C20H17FN2O4/c1-13(15-7-6-14-4-2-3-5-16(14)10-15)22-20(24)12-27-19-9-8-17(23(25)26)11-18(19)21/h2-11,13H,12H2,1H3,(H,22,24). The van der Waals surface area contributed by atoms with Crippen LogP contribution in [0.25, 0.3) is 10.8 Å². The predicted molar refractivity (Wildman–Crippen MR) is 99.1 cm³/mol. The van der Waals surface area contributed by atoms with E-state index in [1.54, 1.807) is 0 Å². The van der Waals surface area contributed by atoms with Gasteiger partial charge in [0, 0.05) is 6.07 Å². The monoisotopic (exact) mass is 368 g/mol. The molecule has 0 aromatic heterocycles. The van der Waals surface area contributed by atoms with Gasteiger partial charge in [0.05, 0.1) is 17.0 Å². The molecule has 27 heavy (non-hydrogen) atoms.